The lowest BCUT2D eigenvalue weighted by atomic mass is 10.2. The van der Waals surface area contributed by atoms with E-state index in [0.29, 0.717) is 24.0 Å². The molecule has 0 fully saturated rings. The van der Waals surface area contributed by atoms with Crippen LogP contribution in [-0.2, 0) is 0 Å². The zero-order valence-electron chi connectivity index (χ0n) is 10.9. The van der Waals surface area contributed by atoms with Crippen LogP contribution in [0.2, 0.25) is 0 Å². The summed E-state index contributed by atoms with van der Waals surface area (Å²) < 4.78 is 6.40. The van der Waals surface area contributed by atoms with E-state index in [4.69, 9.17) is 10.5 Å². The molecule has 3 N–H and O–H groups in total. The van der Waals surface area contributed by atoms with Gasteiger partial charge in [-0.15, -0.1) is 0 Å². The zero-order valence-corrected chi connectivity index (χ0v) is 12.5. The molecule has 0 aliphatic carbocycles. The van der Waals surface area contributed by atoms with Crippen molar-refractivity contribution < 1.29 is 4.74 Å². The minimum Gasteiger partial charge on any atom is -0.476 e. The SMILES string of the molecule is CCOc1nc(Nc2cc(C)cc(Br)c2)ccc1N. The van der Waals surface area contributed by atoms with Gasteiger partial charge in [0.1, 0.15) is 5.82 Å². The van der Waals surface area contributed by atoms with Gasteiger partial charge in [0, 0.05) is 10.2 Å². The summed E-state index contributed by atoms with van der Waals surface area (Å²) in [4.78, 5) is 4.34. The maximum absolute atomic E-state index is 5.79. The molecule has 0 saturated heterocycles. The molecule has 0 aliphatic rings. The summed E-state index contributed by atoms with van der Waals surface area (Å²) in [5.74, 6) is 1.16. The van der Waals surface area contributed by atoms with Crippen molar-refractivity contribution in [2.75, 3.05) is 17.7 Å². The van der Waals surface area contributed by atoms with Gasteiger partial charge in [0.25, 0.3) is 0 Å². The van der Waals surface area contributed by atoms with Gasteiger partial charge >= 0.3 is 0 Å². The summed E-state index contributed by atoms with van der Waals surface area (Å²) in [5, 5.41) is 3.23. The Labute approximate surface area is 121 Å². The molecule has 0 atom stereocenters. The number of nitrogen functional groups attached to an aromatic ring is 1. The van der Waals surface area contributed by atoms with Gasteiger partial charge in [0.2, 0.25) is 5.88 Å². The number of nitrogens with zero attached hydrogens (tertiary/aromatic N) is 1. The summed E-state index contributed by atoms with van der Waals surface area (Å²) in [6.07, 6.45) is 0. The van der Waals surface area contributed by atoms with Crippen molar-refractivity contribution in [1.29, 1.82) is 0 Å². The minimum atomic E-state index is 0.458. The van der Waals surface area contributed by atoms with Gasteiger partial charge in [-0.1, -0.05) is 15.9 Å². The molecule has 0 saturated carbocycles. The van der Waals surface area contributed by atoms with Crippen LogP contribution in [0.5, 0.6) is 5.88 Å². The number of nitrogens with one attached hydrogen (secondary N) is 1. The predicted octanol–water partition coefficient (Wildman–Crippen LogP) is 3.88. The molecule has 4 nitrogen and oxygen atoms in total. The third-order valence-electron chi connectivity index (χ3n) is 2.49. The first kappa shape index (κ1) is 13.7. The van der Waals surface area contributed by atoms with Crippen molar-refractivity contribution in [1.82, 2.24) is 4.98 Å². The quantitative estimate of drug-likeness (QED) is 0.897. The van der Waals surface area contributed by atoms with Crippen LogP contribution in [0.1, 0.15) is 12.5 Å². The Morgan fingerprint density at radius 1 is 1.32 bits per heavy atom. The number of anilines is 3. The van der Waals surface area contributed by atoms with Crippen molar-refractivity contribution in [3.63, 3.8) is 0 Å². The van der Waals surface area contributed by atoms with E-state index in [9.17, 15) is 0 Å². The van der Waals surface area contributed by atoms with E-state index in [1.54, 1.807) is 6.07 Å². The zero-order chi connectivity index (χ0) is 13.8. The van der Waals surface area contributed by atoms with E-state index in [0.717, 1.165) is 15.7 Å². The van der Waals surface area contributed by atoms with E-state index in [2.05, 4.69) is 26.2 Å². The lowest BCUT2D eigenvalue weighted by Crippen LogP contribution is -2.02. The molecule has 0 bridgehead atoms. The van der Waals surface area contributed by atoms with Gasteiger partial charge < -0.3 is 15.8 Å². The Bertz CT molecular complexity index is 567. The predicted molar refractivity (Wildman–Crippen MR) is 82.0 cm³/mol. The van der Waals surface area contributed by atoms with Crippen LogP contribution >= 0.6 is 15.9 Å². The van der Waals surface area contributed by atoms with Crippen LogP contribution in [0.25, 0.3) is 0 Å². The maximum atomic E-state index is 5.79. The number of halogens is 1. The number of benzene rings is 1. The second-order valence-corrected chi connectivity index (χ2v) is 5.08. The third kappa shape index (κ3) is 3.61. The normalized spacial score (nSPS) is 10.3. The van der Waals surface area contributed by atoms with Crippen LogP contribution in [0.4, 0.5) is 17.2 Å². The molecule has 100 valence electrons. The van der Waals surface area contributed by atoms with E-state index in [1.165, 1.54) is 0 Å². The smallest absolute Gasteiger partial charge is 0.239 e. The van der Waals surface area contributed by atoms with Crippen molar-refractivity contribution in [2.45, 2.75) is 13.8 Å². The second-order valence-electron chi connectivity index (χ2n) is 4.17. The molecule has 0 spiro atoms. The van der Waals surface area contributed by atoms with Gasteiger partial charge in [-0.2, -0.15) is 4.98 Å². The number of ether oxygens (including phenoxy) is 1. The number of pyridine rings is 1. The molecular weight excluding hydrogens is 306 g/mol. The van der Waals surface area contributed by atoms with E-state index < -0.39 is 0 Å². The van der Waals surface area contributed by atoms with Gasteiger partial charge in [-0.3, -0.25) is 0 Å². The molecule has 2 rings (SSSR count). The van der Waals surface area contributed by atoms with Crippen molar-refractivity contribution in [2.24, 2.45) is 0 Å². The van der Waals surface area contributed by atoms with Crippen molar-refractivity contribution in [3.8, 4) is 5.88 Å². The Morgan fingerprint density at radius 3 is 2.79 bits per heavy atom. The fraction of sp³-hybridized carbons (Fsp3) is 0.214. The minimum absolute atomic E-state index is 0.458. The third-order valence-corrected chi connectivity index (χ3v) is 2.94. The van der Waals surface area contributed by atoms with Crippen LogP contribution in [0, 0.1) is 6.92 Å². The highest BCUT2D eigenvalue weighted by Crippen LogP contribution is 2.25. The summed E-state index contributed by atoms with van der Waals surface area (Å²) >= 11 is 3.47. The molecule has 5 heteroatoms. The van der Waals surface area contributed by atoms with E-state index >= 15 is 0 Å². The number of nitrogens with two attached hydrogens (primary N) is 1. The van der Waals surface area contributed by atoms with Crippen molar-refractivity contribution in [3.05, 3.63) is 40.4 Å². The first-order valence-electron chi connectivity index (χ1n) is 6.02. The first-order valence-corrected chi connectivity index (χ1v) is 6.81. The molecule has 0 amide bonds. The fourth-order valence-electron chi connectivity index (χ4n) is 1.73. The fourth-order valence-corrected chi connectivity index (χ4v) is 2.34. The Hall–Kier alpha value is -1.75. The summed E-state index contributed by atoms with van der Waals surface area (Å²) in [6.45, 7) is 4.48. The topological polar surface area (TPSA) is 60.2 Å². The summed E-state index contributed by atoms with van der Waals surface area (Å²) in [5.41, 5.74) is 8.46. The first-order chi connectivity index (χ1) is 9.08. The molecule has 1 heterocycles. The summed E-state index contributed by atoms with van der Waals surface area (Å²) in [7, 11) is 0. The average molecular weight is 322 g/mol. The van der Waals surface area contributed by atoms with Crippen LogP contribution in [0.3, 0.4) is 0 Å². The highest BCUT2D eigenvalue weighted by Gasteiger charge is 2.04. The molecule has 2 aromatic rings. The van der Waals surface area contributed by atoms with Gasteiger partial charge in [-0.05, 0) is 49.7 Å². The Kier molecular flexibility index (Phi) is 4.27. The van der Waals surface area contributed by atoms with Crippen LogP contribution in [-0.4, -0.2) is 11.6 Å². The van der Waals surface area contributed by atoms with E-state index in [-0.39, 0.29) is 0 Å². The molecule has 0 aliphatic heterocycles. The summed E-state index contributed by atoms with van der Waals surface area (Å²) in [6, 6.07) is 9.70. The molecular formula is C14H16BrN3O. The van der Waals surface area contributed by atoms with Crippen LogP contribution < -0.4 is 15.8 Å². The lowest BCUT2D eigenvalue weighted by Gasteiger charge is -2.10. The van der Waals surface area contributed by atoms with Crippen LogP contribution in [0.15, 0.2) is 34.8 Å². The number of hydrogen-bond acceptors (Lipinski definition) is 4. The molecule has 1 aromatic carbocycles. The standard InChI is InChI=1S/C14H16BrN3O/c1-3-19-14-12(16)4-5-13(18-14)17-11-7-9(2)6-10(15)8-11/h4-8H,3,16H2,1-2H3,(H,17,18). The Morgan fingerprint density at radius 2 is 2.11 bits per heavy atom. The lowest BCUT2D eigenvalue weighted by molar-refractivity contribution is 0.329. The highest BCUT2D eigenvalue weighted by molar-refractivity contribution is 9.10. The number of hydrogen-bond donors (Lipinski definition) is 2. The van der Waals surface area contributed by atoms with Gasteiger partial charge in [0.15, 0.2) is 0 Å². The van der Waals surface area contributed by atoms with Gasteiger partial charge in [-0.25, -0.2) is 0 Å². The van der Waals surface area contributed by atoms with Gasteiger partial charge in [0.05, 0.1) is 12.3 Å². The second kappa shape index (κ2) is 5.93. The van der Waals surface area contributed by atoms with E-state index in [1.807, 2.05) is 38.1 Å². The maximum Gasteiger partial charge on any atom is 0.239 e. The largest absolute Gasteiger partial charge is 0.476 e. The average Bonchev–Trinajstić information content (AvgIpc) is 2.32. The molecule has 19 heavy (non-hydrogen) atoms. The highest BCUT2D eigenvalue weighted by atomic mass is 79.9. The number of rotatable bonds is 4. The number of aromatic nitrogens is 1. The molecule has 1 aromatic heterocycles. The molecule has 0 radical (unpaired) electrons. The monoisotopic (exact) mass is 321 g/mol. The van der Waals surface area contributed by atoms with Crippen molar-refractivity contribution >= 4 is 33.1 Å². The number of aryl methyl sites for hydroxylation is 1. The Balaban J connectivity index is 2.25. The molecule has 0 unspecified atom stereocenters.